The van der Waals surface area contributed by atoms with Crippen LogP contribution in [-0.2, 0) is 0 Å². The zero-order chi connectivity index (χ0) is 31.8. The van der Waals surface area contributed by atoms with Crippen molar-refractivity contribution >= 4 is 48.5 Å². The van der Waals surface area contributed by atoms with Crippen molar-refractivity contribution in [1.82, 2.24) is 9.55 Å². The van der Waals surface area contributed by atoms with E-state index in [-0.39, 0.29) is 0 Å². The second-order valence-electron chi connectivity index (χ2n) is 12.4. The van der Waals surface area contributed by atoms with Gasteiger partial charge in [0.1, 0.15) is 5.82 Å². The summed E-state index contributed by atoms with van der Waals surface area (Å²) in [6.07, 6.45) is 0. The average molecular weight is 676 g/mol. The lowest BCUT2D eigenvalue weighted by Crippen LogP contribution is -1.97. The predicted octanol–water partition coefficient (Wildman–Crippen LogP) is 12.7. The maximum absolute atomic E-state index is 5.08. The van der Waals surface area contributed by atoms with Crippen molar-refractivity contribution in [3.05, 3.63) is 168 Å². The minimum absolute atomic E-state index is 0.937. The molecule has 0 aliphatic heterocycles. The number of nitrogens with zero attached hydrogens (tertiary/aromatic N) is 2. The highest BCUT2D eigenvalue weighted by molar-refractivity contribution is 9.10. The highest BCUT2D eigenvalue weighted by atomic mass is 79.9. The number of imidazole rings is 1. The highest BCUT2D eigenvalue weighted by Gasteiger charge is 2.25. The Morgan fingerprint density at radius 1 is 0.438 bits per heavy atom. The van der Waals surface area contributed by atoms with Crippen molar-refractivity contribution in [1.29, 1.82) is 0 Å². The standard InChI is InChI=1S/C45H27BrN2/c46-44-37-26-25-30(28-21-23-29(24-22-28)45-47-40-19-8-9-20-41(40)48(45)31-11-2-1-3-12-31)27-39(37)43-35-16-7-6-15-33(35)32-13-4-5-14-34(32)36-17-10-18-38(44)42(36)43/h1-27H. The van der Waals surface area contributed by atoms with E-state index in [9.17, 15) is 0 Å². The normalized spacial score (nSPS) is 11.9. The fourth-order valence-electron chi connectivity index (χ4n) is 7.67. The number of hydrogen-bond donors (Lipinski definition) is 0. The second kappa shape index (κ2) is 10.6. The first kappa shape index (κ1) is 27.4. The third-order valence-corrected chi connectivity index (χ3v) is 10.7. The molecule has 2 nitrogen and oxygen atoms in total. The lowest BCUT2D eigenvalue weighted by molar-refractivity contribution is 1.10. The van der Waals surface area contributed by atoms with Gasteiger partial charge >= 0.3 is 0 Å². The van der Waals surface area contributed by atoms with Gasteiger partial charge in [-0.2, -0.15) is 0 Å². The first-order chi connectivity index (χ1) is 23.7. The number of aromatic nitrogens is 2. The van der Waals surface area contributed by atoms with E-state index in [0.29, 0.717) is 0 Å². The fraction of sp³-hybridized carbons (Fsp3) is 0. The van der Waals surface area contributed by atoms with Crippen LogP contribution in [0, 0.1) is 0 Å². The largest absolute Gasteiger partial charge is 0.292 e. The molecule has 0 radical (unpaired) electrons. The zero-order valence-electron chi connectivity index (χ0n) is 25.9. The molecular formula is C45H27BrN2. The molecule has 0 unspecified atom stereocenters. The Kier molecular flexibility index (Phi) is 6.06. The van der Waals surface area contributed by atoms with Crippen molar-refractivity contribution in [2.24, 2.45) is 0 Å². The van der Waals surface area contributed by atoms with Crippen molar-refractivity contribution in [3.63, 3.8) is 0 Å². The van der Waals surface area contributed by atoms with Crippen LogP contribution >= 0.6 is 15.9 Å². The Bertz CT molecular complexity index is 2720. The van der Waals surface area contributed by atoms with E-state index in [1.165, 1.54) is 66.1 Å². The fourth-order valence-corrected chi connectivity index (χ4v) is 8.35. The molecule has 8 aromatic carbocycles. The summed E-state index contributed by atoms with van der Waals surface area (Å²) >= 11 is 4.06. The molecule has 10 rings (SSSR count). The Hall–Kier alpha value is -5.77. The Labute approximate surface area is 286 Å². The summed E-state index contributed by atoms with van der Waals surface area (Å²) in [7, 11) is 0. The molecule has 3 heteroatoms. The lowest BCUT2D eigenvalue weighted by Gasteiger charge is -2.17. The van der Waals surface area contributed by atoms with Crippen molar-refractivity contribution in [3.8, 4) is 61.6 Å². The molecule has 0 N–H and O–H groups in total. The number of fused-ring (bicyclic) bond motifs is 8. The van der Waals surface area contributed by atoms with Gasteiger partial charge in [0.15, 0.2) is 0 Å². The van der Waals surface area contributed by atoms with Gasteiger partial charge in [0.2, 0.25) is 0 Å². The van der Waals surface area contributed by atoms with Gasteiger partial charge in [-0.05, 0) is 112 Å². The van der Waals surface area contributed by atoms with Gasteiger partial charge in [0, 0.05) is 15.7 Å². The lowest BCUT2D eigenvalue weighted by atomic mass is 9.87. The summed E-state index contributed by atoms with van der Waals surface area (Å²) in [6, 6.07) is 59.0. The number of halogens is 1. The van der Waals surface area contributed by atoms with E-state index in [1.807, 2.05) is 6.07 Å². The Morgan fingerprint density at radius 2 is 1.04 bits per heavy atom. The smallest absolute Gasteiger partial charge is 0.145 e. The monoisotopic (exact) mass is 674 g/mol. The summed E-state index contributed by atoms with van der Waals surface area (Å²) in [5.41, 5.74) is 14.3. The first-order valence-electron chi connectivity index (χ1n) is 16.3. The third-order valence-electron chi connectivity index (χ3n) is 9.83. The molecular weight excluding hydrogens is 648 g/mol. The summed E-state index contributed by atoms with van der Waals surface area (Å²) < 4.78 is 3.39. The molecule has 1 heterocycles. The van der Waals surface area contributed by atoms with Crippen LogP contribution in [0.5, 0.6) is 0 Å². The number of benzene rings is 8. The molecule has 1 aromatic heterocycles. The summed E-state index contributed by atoms with van der Waals surface area (Å²) in [5.74, 6) is 0.937. The van der Waals surface area contributed by atoms with Crippen LogP contribution in [0.3, 0.4) is 0 Å². The van der Waals surface area contributed by atoms with Gasteiger partial charge in [-0.1, -0.05) is 133 Å². The molecule has 0 saturated heterocycles. The molecule has 0 bridgehead atoms. The van der Waals surface area contributed by atoms with E-state index in [0.717, 1.165) is 32.6 Å². The average Bonchev–Trinajstić information content (AvgIpc) is 3.49. The van der Waals surface area contributed by atoms with Gasteiger partial charge in [-0.3, -0.25) is 4.57 Å². The second-order valence-corrected chi connectivity index (χ2v) is 13.2. The van der Waals surface area contributed by atoms with Crippen LogP contribution < -0.4 is 0 Å². The van der Waals surface area contributed by atoms with Gasteiger partial charge in [0.25, 0.3) is 0 Å². The minimum atomic E-state index is 0.937. The van der Waals surface area contributed by atoms with Gasteiger partial charge in [0.05, 0.1) is 11.0 Å². The molecule has 1 aliphatic rings. The van der Waals surface area contributed by atoms with Crippen molar-refractivity contribution in [2.75, 3.05) is 0 Å². The van der Waals surface area contributed by atoms with Crippen LogP contribution in [0.15, 0.2) is 168 Å². The zero-order valence-corrected chi connectivity index (χ0v) is 27.4. The summed E-state index contributed by atoms with van der Waals surface area (Å²) in [4.78, 5) is 5.08. The molecule has 0 amide bonds. The van der Waals surface area contributed by atoms with Gasteiger partial charge in [-0.25, -0.2) is 4.98 Å². The molecule has 0 saturated carbocycles. The van der Waals surface area contributed by atoms with Gasteiger partial charge < -0.3 is 0 Å². The first-order valence-corrected chi connectivity index (χ1v) is 17.0. The number of hydrogen-bond acceptors (Lipinski definition) is 1. The summed E-state index contributed by atoms with van der Waals surface area (Å²) in [6.45, 7) is 0. The van der Waals surface area contributed by atoms with Gasteiger partial charge in [-0.15, -0.1) is 0 Å². The van der Waals surface area contributed by atoms with E-state index >= 15 is 0 Å². The molecule has 0 atom stereocenters. The molecule has 224 valence electrons. The topological polar surface area (TPSA) is 17.8 Å². The molecule has 0 spiro atoms. The van der Waals surface area contributed by atoms with E-state index in [2.05, 4.69) is 178 Å². The van der Waals surface area contributed by atoms with E-state index < -0.39 is 0 Å². The Morgan fingerprint density at radius 3 is 1.83 bits per heavy atom. The highest BCUT2D eigenvalue weighted by Crippen LogP contribution is 2.52. The van der Waals surface area contributed by atoms with Crippen LogP contribution in [0.4, 0.5) is 0 Å². The summed E-state index contributed by atoms with van der Waals surface area (Å²) in [5, 5.41) is 4.99. The third kappa shape index (κ3) is 4.01. The van der Waals surface area contributed by atoms with Crippen LogP contribution in [0.1, 0.15) is 0 Å². The molecule has 0 fully saturated rings. The molecule has 48 heavy (non-hydrogen) atoms. The van der Waals surface area contributed by atoms with Crippen LogP contribution in [0.25, 0.3) is 94.2 Å². The maximum atomic E-state index is 5.08. The van der Waals surface area contributed by atoms with Crippen molar-refractivity contribution in [2.45, 2.75) is 0 Å². The van der Waals surface area contributed by atoms with Crippen LogP contribution in [0.2, 0.25) is 0 Å². The molecule has 9 aromatic rings. The Balaban J connectivity index is 1.18. The minimum Gasteiger partial charge on any atom is -0.292 e. The number of rotatable bonds is 3. The predicted molar refractivity (Wildman–Crippen MR) is 205 cm³/mol. The van der Waals surface area contributed by atoms with Crippen molar-refractivity contribution < 1.29 is 0 Å². The van der Waals surface area contributed by atoms with E-state index in [1.54, 1.807) is 0 Å². The quantitative estimate of drug-likeness (QED) is 0.171. The SMILES string of the molecule is Brc1c2ccc(-c3ccc(-c4nc5ccccc5n4-c4ccccc4)cc3)cc2c2c3c(cccc13)-c1ccccc1-c1ccccc1-2. The maximum Gasteiger partial charge on any atom is 0.145 e. The molecule has 1 aliphatic carbocycles. The number of para-hydroxylation sites is 3. The van der Waals surface area contributed by atoms with E-state index in [4.69, 9.17) is 4.98 Å². The van der Waals surface area contributed by atoms with Crippen LogP contribution in [-0.4, -0.2) is 9.55 Å².